The summed E-state index contributed by atoms with van der Waals surface area (Å²) in [6.45, 7) is 1.79. The first kappa shape index (κ1) is 8.49. The van der Waals surface area contributed by atoms with Crippen LogP contribution in [0.25, 0.3) is 0 Å². The SMILES string of the molecule is N=C(N)COC1CCOCC1. The van der Waals surface area contributed by atoms with Crippen LogP contribution in [0.15, 0.2) is 0 Å². The highest BCUT2D eigenvalue weighted by molar-refractivity contribution is 5.78. The Bertz CT molecular complexity index is 132. The molecular weight excluding hydrogens is 144 g/mol. The van der Waals surface area contributed by atoms with Crippen molar-refractivity contribution >= 4 is 5.84 Å². The molecule has 1 fully saturated rings. The van der Waals surface area contributed by atoms with Crippen molar-refractivity contribution in [3.05, 3.63) is 0 Å². The molecular formula is C7H14N2O2. The third kappa shape index (κ3) is 3.34. The molecule has 0 aromatic carbocycles. The van der Waals surface area contributed by atoms with E-state index >= 15 is 0 Å². The zero-order valence-corrected chi connectivity index (χ0v) is 6.51. The zero-order chi connectivity index (χ0) is 8.10. The summed E-state index contributed by atoms with van der Waals surface area (Å²) in [5, 5.41) is 6.93. The molecule has 11 heavy (non-hydrogen) atoms. The third-order valence-electron chi connectivity index (χ3n) is 1.64. The van der Waals surface area contributed by atoms with Crippen molar-refractivity contribution in [2.45, 2.75) is 18.9 Å². The summed E-state index contributed by atoms with van der Waals surface area (Å²) in [7, 11) is 0. The molecule has 4 nitrogen and oxygen atoms in total. The Labute approximate surface area is 66.2 Å². The molecule has 64 valence electrons. The fourth-order valence-corrected chi connectivity index (χ4v) is 1.05. The maximum Gasteiger partial charge on any atom is 0.117 e. The van der Waals surface area contributed by atoms with Crippen LogP contribution in [-0.4, -0.2) is 31.8 Å². The summed E-state index contributed by atoms with van der Waals surface area (Å²) >= 11 is 0. The van der Waals surface area contributed by atoms with E-state index in [1.807, 2.05) is 0 Å². The Morgan fingerprint density at radius 2 is 2.18 bits per heavy atom. The van der Waals surface area contributed by atoms with E-state index < -0.39 is 0 Å². The van der Waals surface area contributed by atoms with Crippen LogP contribution in [0.2, 0.25) is 0 Å². The topological polar surface area (TPSA) is 68.3 Å². The van der Waals surface area contributed by atoms with Crippen molar-refractivity contribution in [2.24, 2.45) is 5.73 Å². The Morgan fingerprint density at radius 1 is 1.55 bits per heavy atom. The summed E-state index contributed by atoms with van der Waals surface area (Å²) in [6, 6.07) is 0. The lowest BCUT2D eigenvalue weighted by Gasteiger charge is -2.21. The van der Waals surface area contributed by atoms with Gasteiger partial charge in [0.15, 0.2) is 0 Å². The second-order valence-corrected chi connectivity index (χ2v) is 2.65. The fourth-order valence-electron chi connectivity index (χ4n) is 1.05. The van der Waals surface area contributed by atoms with Gasteiger partial charge in [-0.05, 0) is 12.8 Å². The van der Waals surface area contributed by atoms with Crippen molar-refractivity contribution < 1.29 is 9.47 Å². The molecule has 0 aliphatic carbocycles. The van der Waals surface area contributed by atoms with Gasteiger partial charge in [-0.15, -0.1) is 0 Å². The van der Waals surface area contributed by atoms with Crippen LogP contribution in [0.1, 0.15) is 12.8 Å². The predicted octanol–water partition coefficient (Wildman–Crippen LogP) is 0.118. The number of ether oxygens (including phenoxy) is 2. The van der Waals surface area contributed by atoms with E-state index in [4.69, 9.17) is 20.6 Å². The highest BCUT2D eigenvalue weighted by atomic mass is 16.5. The first-order chi connectivity index (χ1) is 5.29. The summed E-state index contributed by atoms with van der Waals surface area (Å²) in [4.78, 5) is 0. The first-order valence-electron chi connectivity index (χ1n) is 3.81. The standard InChI is InChI=1S/C7H14N2O2/c8-7(9)5-11-6-1-3-10-4-2-6/h6H,1-5H2,(H3,8,9). The Morgan fingerprint density at radius 3 is 2.73 bits per heavy atom. The Kier molecular flexibility index (Phi) is 3.32. The summed E-state index contributed by atoms with van der Waals surface area (Å²) < 4.78 is 10.5. The molecule has 0 bridgehead atoms. The lowest BCUT2D eigenvalue weighted by molar-refractivity contribution is -0.0192. The van der Waals surface area contributed by atoms with Gasteiger partial charge in [0.25, 0.3) is 0 Å². The predicted molar refractivity (Wildman–Crippen MR) is 41.7 cm³/mol. The molecule has 0 spiro atoms. The molecule has 0 aromatic heterocycles. The average Bonchev–Trinajstić information content (AvgIpc) is 2.03. The van der Waals surface area contributed by atoms with Crippen LogP contribution < -0.4 is 5.73 Å². The minimum Gasteiger partial charge on any atom is -0.386 e. The molecule has 0 atom stereocenters. The molecule has 4 heteroatoms. The van der Waals surface area contributed by atoms with Gasteiger partial charge in [-0.1, -0.05) is 0 Å². The molecule has 0 amide bonds. The average molecular weight is 158 g/mol. The number of amidine groups is 1. The van der Waals surface area contributed by atoms with Gasteiger partial charge in [0, 0.05) is 13.2 Å². The lowest BCUT2D eigenvalue weighted by Crippen LogP contribution is -2.27. The third-order valence-corrected chi connectivity index (χ3v) is 1.64. The summed E-state index contributed by atoms with van der Waals surface area (Å²) in [5.74, 6) is 0.0940. The van der Waals surface area contributed by atoms with Gasteiger partial charge in [-0.25, -0.2) is 0 Å². The monoisotopic (exact) mass is 158 g/mol. The number of hydrogen-bond acceptors (Lipinski definition) is 3. The Hall–Kier alpha value is -0.610. The van der Waals surface area contributed by atoms with Crippen molar-refractivity contribution in [3.8, 4) is 0 Å². The second-order valence-electron chi connectivity index (χ2n) is 2.65. The molecule has 0 saturated carbocycles. The normalized spacial score (nSPS) is 20.0. The van der Waals surface area contributed by atoms with Crippen molar-refractivity contribution in [3.63, 3.8) is 0 Å². The van der Waals surface area contributed by atoms with E-state index in [0.717, 1.165) is 26.1 Å². The van der Waals surface area contributed by atoms with E-state index in [1.165, 1.54) is 0 Å². The van der Waals surface area contributed by atoms with E-state index in [0.29, 0.717) is 0 Å². The van der Waals surface area contributed by atoms with Gasteiger partial charge in [-0.2, -0.15) is 0 Å². The van der Waals surface area contributed by atoms with Gasteiger partial charge < -0.3 is 15.2 Å². The molecule has 1 rings (SSSR count). The number of nitrogens with two attached hydrogens (primary N) is 1. The minimum atomic E-state index is 0.0940. The van der Waals surface area contributed by atoms with E-state index in [2.05, 4.69) is 0 Å². The highest BCUT2D eigenvalue weighted by Crippen LogP contribution is 2.09. The quantitative estimate of drug-likeness (QED) is 0.452. The van der Waals surface area contributed by atoms with E-state index in [1.54, 1.807) is 0 Å². The van der Waals surface area contributed by atoms with Gasteiger partial charge in [0.2, 0.25) is 0 Å². The van der Waals surface area contributed by atoms with E-state index in [9.17, 15) is 0 Å². The van der Waals surface area contributed by atoms with Crippen molar-refractivity contribution in [1.29, 1.82) is 5.41 Å². The highest BCUT2D eigenvalue weighted by Gasteiger charge is 2.13. The smallest absolute Gasteiger partial charge is 0.117 e. The number of rotatable bonds is 3. The molecule has 1 aliphatic heterocycles. The Balaban J connectivity index is 2.09. The van der Waals surface area contributed by atoms with Gasteiger partial charge in [0.05, 0.1) is 6.10 Å². The van der Waals surface area contributed by atoms with Crippen LogP contribution in [0.4, 0.5) is 0 Å². The lowest BCUT2D eigenvalue weighted by atomic mass is 10.2. The molecule has 1 saturated heterocycles. The maximum absolute atomic E-state index is 6.93. The van der Waals surface area contributed by atoms with E-state index in [-0.39, 0.29) is 18.5 Å². The molecule has 1 heterocycles. The van der Waals surface area contributed by atoms with Crippen molar-refractivity contribution in [2.75, 3.05) is 19.8 Å². The number of nitrogens with one attached hydrogen (secondary N) is 1. The van der Waals surface area contributed by atoms with Gasteiger partial charge in [0.1, 0.15) is 12.4 Å². The van der Waals surface area contributed by atoms with Crippen LogP contribution in [-0.2, 0) is 9.47 Å². The minimum absolute atomic E-state index is 0.0940. The molecule has 0 aromatic rings. The molecule has 0 unspecified atom stereocenters. The van der Waals surface area contributed by atoms with Crippen LogP contribution >= 0.6 is 0 Å². The molecule has 1 aliphatic rings. The molecule has 3 N–H and O–H groups in total. The number of hydrogen-bond donors (Lipinski definition) is 2. The first-order valence-corrected chi connectivity index (χ1v) is 3.81. The summed E-state index contributed by atoms with van der Waals surface area (Å²) in [6.07, 6.45) is 2.09. The second kappa shape index (κ2) is 4.31. The van der Waals surface area contributed by atoms with Crippen molar-refractivity contribution in [1.82, 2.24) is 0 Å². The fraction of sp³-hybridized carbons (Fsp3) is 0.857. The molecule has 0 radical (unpaired) electrons. The largest absolute Gasteiger partial charge is 0.386 e. The zero-order valence-electron chi connectivity index (χ0n) is 6.51. The van der Waals surface area contributed by atoms with Crippen LogP contribution in [0.3, 0.4) is 0 Å². The summed E-state index contributed by atoms with van der Waals surface area (Å²) in [5.41, 5.74) is 5.14. The maximum atomic E-state index is 6.93. The van der Waals surface area contributed by atoms with Gasteiger partial charge >= 0.3 is 0 Å². The van der Waals surface area contributed by atoms with Crippen LogP contribution in [0, 0.1) is 5.41 Å². The van der Waals surface area contributed by atoms with Crippen LogP contribution in [0.5, 0.6) is 0 Å². The van der Waals surface area contributed by atoms with Gasteiger partial charge in [-0.3, -0.25) is 5.41 Å².